The molecule has 3 heterocycles. The van der Waals surface area contributed by atoms with Gasteiger partial charge in [0.1, 0.15) is 5.82 Å². The lowest BCUT2D eigenvalue weighted by Gasteiger charge is -2.36. The van der Waals surface area contributed by atoms with Crippen LogP contribution in [-0.2, 0) is 13.0 Å². The van der Waals surface area contributed by atoms with Crippen molar-refractivity contribution < 1.29 is 0 Å². The summed E-state index contributed by atoms with van der Waals surface area (Å²) >= 11 is 1.71. The van der Waals surface area contributed by atoms with Gasteiger partial charge in [0.2, 0.25) is 0 Å². The first-order valence-electron chi connectivity index (χ1n) is 11.3. The molecule has 3 aromatic rings. The number of nitrogens with zero attached hydrogens (tertiary/aromatic N) is 6. The Morgan fingerprint density at radius 1 is 1.17 bits per heavy atom. The van der Waals surface area contributed by atoms with Gasteiger partial charge >= 0.3 is 0 Å². The molecule has 1 aliphatic heterocycles. The van der Waals surface area contributed by atoms with E-state index in [9.17, 15) is 0 Å². The normalized spacial score (nSPS) is 17.5. The van der Waals surface area contributed by atoms with E-state index in [0.717, 1.165) is 62.4 Å². The third kappa shape index (κ3) is 3.81. The van der Waals surface area contributed by atoms with Crippen molar-refractivity contribution in [2.75, 3.05) is 49.6 Å². The Balaban J connectivity index is 1.27. The molecule has 1 fully saturated rings. The number of benzene rings is 1. The summed E-state index contributed by atoms with van der Waals surface area (Å²) in [5.41, 5.74) is 3.66. The van der Waals surface area contributed by atoms with E-state index in [4.69, 9.17) is 4.98 Å². The van der Waals surface area contributed by atoms with Gasteiger partial charge in [-0.15, -0.1) is 11.3 Å². The van der Waals surface area contributed by atoms with E-state index in [2.05, 4.69) is 56.4 Å². The molecule has 1 aromatic carbocycles. The number of fused-ring (bicyclic) bond motifs is 3. The van der Waals surface area contributed by atoms with Crippen LogP contribution in [0.1, 0.15) is 32.0 Å². The highest BCUT2D eigenvalue weighted by Gasteiger charge is 2.27. The highest BCUT2D eigenvalue weighted by atomic mass is 32.1. The minimum absolute atomic E-state index is 0.827. The molecule has 0 N–H and O–H groups in total. The van der Waals surface area contributed by atoms with Crippen LogP contribution in [0.25, 0.3) is 11.0 Å². The standard InChI is InChI=1S/C23H32N6S/c1-3-27(23-24-10-16-30-23)13-12-26(2)19-7-8-21-20(17-19)25-22-9-11-28(14-15-29(21)22)18-5-4-6-18/h7-8,10,16-18H,3-6,9,11-15H2,1-2H3. The van der Waals surface area contributed by atoms with Crippen molar-refractivity contribution in [2.45, 2.75) is 45.2 Å². The molecule has 6 nitrogen and oxygen atoms in total. The predicted molar refractivity (Wildman–Crippen MR) is 126 cm³/mol. The molecule has 2 aliphatic rings. The maximum absolute atomic E-state index is 5.04. The van der Waals surface area contributed by atoms with E-state index in [1.165, 1.54) is 36.3 Å². The zero-order chi connectivity index (χ0) is 20.5. The zero-order valence-corrected chi connectivity index (χ0v) is 18.9. The Kier molecular flexibility index (Phi) is 5.65. The van der Waals surface area contributed by atoms with Gasteiger partial charge in [0, 0.05) is 76.0 Å². The van der Waals surface area contributed by atoms with Gasteiger partial charge in [0.25, 0.3) is 0 Å². The molecule has 30 heavy (non-hydrogen) atoms. The van der Waals surface area contributed by atoms with E-state index in [1.54, 1.807) is 11.3 Å². The lowest BCUT2D eigenvalue weighted by Crippen LogP contribution is -2.41. The number of thiazole rings is 1. The lowest BCUT2D eigenvalue weighted by molar-refractivity contribution is 0.130. The summed E-state index contributed by atoms with van der Waals surface area (Å²) in [7, 11) is 2.17. The van der Waals surface area contributed by atoms with Crippen LogP contribution in [-0.4, -0.2) is 65.2 Å². The van der Waals surface area contributed by atoms with Gasteiger partial charge in [0.15, 0.2) is 5.13 Å². The summed E-state index contributed by atoms with van der Waals surface area (Å²) < 4.78 is 2.46. The second kappa shape index (κ2) is 8.55. The molecule has 1 saturated carbocycles. The van der Waals surface area contributed by atoms with Crippen LogP contribution < -0.4 is 9.80 Å². The first-order chi connectivity index (χ1) is 14.7. The Morgan fingerprint density at radius 2 is 2.07 bits per heavy atom. The Morgan fingerprint density at radius 3 is 2.80 bits per heavy atom. The number of imidazole rings is 1. The number of aromatic nitrogens is 3. The van der Waals surface area contributed by atoms with E-state index in [1.807, 2.05) is 11.6 Å². The highest BCUT2D eigenvalue weighted by Crippen LogP contribution is 2.28. The van der Waals surface area contributed by atoms with Gasteiger partial charge in [-0.3, -0.25) is 4.90 Å². The third-order valence-electron chi connectivity index (χ3n) is 6.85. The lowest BCUT2D eigenvalue weighted by atomic mass is 9.91. The second-order valence-corrected chi connectivity index (χ2v) is 9.41. The summed E-state index contributed by atoms with van der Waals surface area (Å²) in [4.78, 5) is 16.9. The Bertz CT molecular complexity index is 977. The molecule has 2 aromatic heterocycles. The molecular weight excluding hydrogens is 392 g/mol. The number of hydrogen-bond acceptors (Lipinski definition) is 6. The van der Waals surface area contributed by atoms with Crippen LogP contribution in [0.5, 0.6) is 0 Å². The maximum Gasteiger partial charge on any atom is 0.185 e. The number of likely N-dealkylation sites (N-methyl/N-ethyl adjacent to an activating group) is 2. The van der Waals surface area contributed by atoms with Gasteiger partial charge in [-0.1, -0.05) is 6.42 Å². The first-order valence-corrected chi connectivity index (χ1v) is 12.2. The molecule has 5 rings (SSSR count). The Hall–Kier alpha value is -2.12. The molecule has 0 bridgehead atoms. The fourth-order valence-electron chi connectivity index (χ4n) is 4.71. The van der Waals surface area contributed by atoms with Crippen molar-refractivity contribution in [1.29, 1.82) is 0 Å². The van der Waals surface area contributed by atoms with Crippen molar-refractivity contribution in [3.63, 3.8) is 0 Å². The molecule has 7 heteroatoms. The molecular formula is C23H32N6S. The van der Waals surface area contributed by atoms with Gasteiger partial charge in [0.05, 0.1) is 11.0 Å². The summed E-state index contributed by atoms with van der Waals surface area (Å²) in [6, 6.07) is 7.62. The summed E-state index contributed by atoms with van der Waals surface area (Å²) in [5, 5.41) is 3.15. The van der Waals surface area contributed by atoms with E-state index in [-0.39, 0.29) is 0 Å². The van der Waals surface area contributed by atoms with Gasteiger partial charge in [-0.25, -0.2) is 9.97 Å². The average molecular weight is 425 g/mol. The van der Waals surface area contributed by atoms with Gasteiger partial charge in [-0.2, -0.15) is 0 Å². The van der Waals surface area contributed by atoms with Crippen LogP contribution >= 0.6 is 11.3 Å². The molecule has 1 aliphatic carbocycles. The smallest absolute Gasteiger partial charge is 0.185 e. The monoisotopic (exact) mass is 424 g/mol. The molecule has 0 radical (unpaired) electrons. The summed E-state index contributed by atoms with van der Waals surface area (Å²) in [5.74, 6) is 1.26. The fourth-order valence-corrected chi connectivity index (χ4v) is 5.44. The van der Waals surface area contributed by atoms with Crippen molar-refractivity contribution in [3.05, 3.63) is 35.6 Å². The maximum atomic E-state index is 5.04. The van der Waals surface area contributed by atoms with Crippen molar-refractivity contribution in [2.24, 2.45) is 0 Å². The number of hydrogen-bond donors (Lipinski definition) is 0. The minimum atomic E-state index is 0.827. The first kappa shape index (κ1) is 19.8. The molecule has 0 atom stereocenters. The van der Waals surface area contributed by atoms with Gasteiger partial charge in [-0.05, 0) is 38.0 Å². The predicted octanol–water partition coefficient (Wildman–Crippen LogP) is 3.87. The van der Waals surface area contributed by atoms with Crippen molar-refractivity contribution in [3.8, 4) is 0 Å². The van der Waals surface area contributed by atoms with Crippen LogP contribution in [0.2, 0.25) is 0 Å². The topological polar surface area (TPSA) is 40.4 Å². The molecule has 0 spiro atoms. The fraction of sp³-hybridized carbons (Fsp3) is 0.565. The van der Waals surface area contributed by atoms with Crippen molar-refractivity contribution >= 4 is 33.2 Å². The SMILES string of the molecule is CCN(CCN(C)c1ccc2c(c1)nc1n2CCN(C2CCC2)CC1)c1nccs1. The molecule has 0 saturated heterocycles. The molecule has 0 amide bonds. The molecule has 0 unspecified atom stereocenters. The van der Waals surface area contributed by atoms with Crippen LogP contribution in [0.4, 0.5) is 10.8 Å². The molecule has 160 valence electrons. The summed E-state index contributed by atoms with van der Waals surface area (Å²) in [6.07, 6.45) is 7.13. The van der Waals surface area contributed by atoms with Gasteiger partial charge < -0.3 is 14.4 Å². The summed E-state index contributed by atoms with van der Waals surface area (Å²) in [6.45, 7) is 8.48. The zero-order valence-electron chi connectivity index (χ0n) is 18.1. The highest BCUT2D eigenvalue weighted by molar-refractivity contribution is 7.13. The largest absolute Gasteiger partial charge is 0.373 e. The third-order valence-corrected chi connectivity index (χ3v) is 7.69. The van der Waals surface area contributed by atoms with E-state index >= 15 is 0 Å². The Labute approximate surface area is 183 Å². The van der Waals surface area contributed by atoms with Crippen LogP contribution in [0.3, 0.4) is 0 Å². The number of anilines is 2. The van der Waals surface area contributed by atoms with Crippen LogP contribution in [0.15, 0.2) is 29.8 Å². The van der Waals surface area contributed by atoms with E-state index in [0.29, 0.717) is 0 Å². The van der Waals surface area contributed by atoms with E-state index < -0.39 is 0 Å². The van der Waals surface area contributed by atoms with Crippen LogP contribution in [0, 0.1) is 0 Å². The quantitative estimate of drug-likeness (QED) is 0.576. The van der Waals surface area contributed by atoms with Crippen molar-refractivity contribution in [1.82, 2.24) is 19.4 Å². The second-order valence-electron chi connectivity index (χ2n) is 8.54. The average Bonchev–Trinajstić information content (AvgIpc) is 3.32. The minimum Gasteiger partial charge on any atom is -0.373 e. The number of rotatable bonds is 7.